The van der Waals surface area contributed by atoms with Gasteiger partial charge in [-0.25, -0.2) is 4.98 Å². The van der Waals surface area contributed by atoms with Crippen molar-refractivity contribution in [3.63, 3.8) is 0 Å². The number of hydrogen-bond donors (Lipinski definition) is 0. The smallest absolute Gasteiger partial charge is 0.282 e. The van der Waals surface area contributed by atoms with E-state index in [2.05, 4.69) is 33.6 Å². The van der Waals surface area contributed by atoms with Crippen molar-refractivity contribution in [2.45, 2.75) is 0 Å². The Kier molecular flexibility index (Phi) is 6.67. The molecule has 3 aromatic carbocycles. The maximum atomic E-state index is 13.5. The van der Waals surface area contributed by atoms with Crippen molar-refractivity contribution in [3.05, 3.63) is 85.2 Å². The molecule has 0 fully saturated rings. The molecule has 0 unspecified atom stereocenters. The van der Waals surface area contributed by atoms with Crippen molar-refractivity contribution < 1.29 is 13.9 Å². The van der Waals surface area contributed by atoms with Gasteiger partial charge in [-0.2, -0.15) is 9.78 Å². The van der Waals surface area contributed by atoms with Crippen LogP contribution in [0.15, 0.2) is 75.0 Å². The normalized spacial score (nSPS) is 11.3. The van der Waals surface area contributed by atoms with Gasteiger partial charge < -0.3 is 13.9 Å². The maximum Gasteiger partial charge on any atom is 0.282 e. The van der Waals surface area contributed by atoms with Crippen LogP contribution in [0.4, 0.5) is 0 Å². The van der Waals surface area contributed by atoms with Crippen LogP contribution in [0.5, 0.6) is 11.5 Å². The Labute approximate surface area is 224 Å². The van der Waals surface area contributed by atoms with E-state index < -0.39 is 0 Å². The molecule has 0 spiro atoms. The largest absolute Gasteiger partial charge is 0.493 e. The number of rotatable bonds is 6. The summed E-state index contributed by atoms with van der Waals surface area (Å²) >= 11 is 8.27. The molecule has 0 amide bonds. The lowest BCUT2D eigenvalue weighted by Crippen LogP contribution is -2.20. The van der Waals surface area contributed by atoms with Crippen LogP contribution in [0.25, 0.3) is 33.5 Å². The minimum atomic E-state index is -0.332. The summed E-state index contributed by atoms with van der Waals surface area (Å²) in [7, 11) is 1.54. The molecule has 0 aliphatic heterocycles. The van der Waals surface area contributed by atoms with E-state index in [1.807, 2.05) is 12.1 Å². The van der Waals surface area contributed by atoms with Crippen LogP contribution in [0.1, 0.15) is 5.56 Å². The molecule has 0 bridgehead atoms. The van der Waals surface area contributed by atoms with Gasteiger partial charge in [-0.05, 0) is 76.7 Å². The highest BCUT2D eigenvalue weighted by atomic mass is 127. The highest BCUT2D eigenvalue weighted by Crippen LogP contribution is 2.34. The highest BCUT2D eigenvalue weighted by Gasteiger charge is 2.17. The molecule has 9 heteroatoms. The molecule has 0 aliphatic rings. The molecule has 5 aromatic rings. The number of terminal acetylenes is 1. The monoisotopic (exact) mass is 609 g/mol. The lowest BCUT2D eigenvalue weighted by atomic mass is 10.2. The number of fused-ring (bicyclic) bond motifs is 2. The summed E-state index contributed by atoms with van der Waals surface area (Å²) in [5.74, 6) is 4.13. The molecule has 7 nitrogen and oxygen atoms in total. The fourth-order valence-corrected chi connectivity index (χ4v) is 4.67. The minimum absolute atomic E-state index is 0.115. The van der Waals surface area contributed by atoms with Gasteiger partial charge in [0.25, 0.3) is 5.56 Å². The van der Waals surface area contributed by atoms with Gasteiger partial charge in [-0.15, -0.1) is 6.42 Å². The Hall–Kier alpha value is -3.81. The third kappa shape index (κ3) is 4.55. The number of methoxy groups -OCH3 is 1. The zero-order chi connectivity index (χ0) is 25.2. The summed E-state index contributed by atoms with van der Waals surface area (Å²) in [6, 6.07) is 17.8. The molecule has 178 valence electrons. The van der Waals surface area contributed by atoms with E-state index in [0.717, 1.165) is 8.96 Å². The molecule has 2 heterocycles. The van der Waals surface area contributed by atoms with E-state index in [0.29, 0.717) is 44.3 Å². The first kappa shape index (κ1) is 23.9. The Morgan fingerprint density at radius 1 is 1.22 bits per heavy atom. The van der Waals surface area contributed by atoms with Crippen LogP contribution in [-0.4, -0.2) is 29.6 Å². The van der Waals surface area contributed by atoms with Crippen molar-refractivity contribution >= 4 is 62.3 Å². The van der Waals surface area contributed by atoms with E-state index in [4.69, 9.17) is 36.9 Å². The highest BCUT2D eigenvalue weighted by molar-refractivity contribution is 14.1. The van der Waals surface area contributed by atoms with Gasteiger partial charge in [0.15, 0.2) is 17.3 Å². The Morgan fingerprint density at radius 3 is 2.86 bits per heavy atom. The van der Waals surface area contributed by atoms with Gasteiger partial charge in [-0.1, -0.05) is 29.7 Å². The van der Waals surface area contributed by atoms with Gasteiger partial charge in [-0.3, -0.25) is 4.79 Å². The first-order valence-electron chi connectivity index (χ1n) is 10.7. The van der Waals surface area contributed by atoms with E-state index >= 15 is 0 Å². The fourth-order valence-electron chi connectivity index (χ4n) is 3.71. The first-order valence-corrected chi connectivity index (χ1v) is 12.1. The number of para-hydroxylation sites is 1. The summed E-state index contributed by atoms with van der Waals surface area (Å²) in [6.45, 7) is 0.115. The molecule has 36 heavy (non-hydrogen) atoms. The maximum absolute atomic E-state index is 13.5. The number of benzene rings is 3. The SMILES string of the molecule is C#CCOc1c(I)cc(C=Nn2c(-c3cc4cc(Cl)ccc4o3)nc3ccccc3c2=O)cc1OC. The van der Waals surface area contributed by atoms with Crippen molar-refractivity contribution in [2.75, 3.05) is 13.7 Å². The summed E-state index contributed by atoms with van der Waals surface area (Å²) in [5, 5.41) is 6.30. The Balaban J connectivity index is 1.66. The second-order valence-electron chi connectivity index (χ2n) is 7.63. The quantitative estimate of drug-likeness (QED) is 0.135. The van der Waals surface area contributed by atoms with Gasteiger partial charge in [0, 0.05) is 10.4 Å². The zero-order valence-electron chi connectivity index (χ0n) is 18.9. The fraction of sp³-hybridized carbons (Fsp3) is 0.0741. The molecule has 0 saturated carbocycles. The standard InChI is InChI=1S/C27H17ClIN3O4/c1-3-10-35-25-20(29)11-16(12-23(25)34-2)15-30-32-26(31-21-7-5-4-6-19(21)27(32)33)24-14-17-13-18(28)8-9-22(17)36-24/h1,4-9,11-15H,10H2,2H3. The van der Waals surface area contributed by atoms with Crippen LogP contribution >= 0.6 is 34.2 Å². The topological polar surface area (TPSA) is 78.9 Å². The van der Waals surface area contributed by atoms with Crippen LogP contribution in [0.3, 0.4) is 0 Å². The van der Waals surface area contributed by atoms with Gasteiger partial charge in [0.1, 0.15) is 12.2 Å². The van der Waals surface area contributed by atoms with Crippen molar-refractivity contribution in [2.24, 2.45) is 5.10 Å². The third-order valence-electron chi connectivity index (χ3n) is 5.33. The predicted octanol–water partition coefficient (Wildman–Crippen LogP) is 5.97. The molecular formula is C27H17ClIN3O4. The number of ether oxygens (including phenoxy) is 2. The van der Waals surface area contributed by atoms with Crippen LogP contribution in [0.2, 0.25) is 5.02 Å². The predicted molar refractivity (Wildman–Crippen MR) is 149 cm³/mol. The Bertz CT molecular complexity index is 1750. The van der Waals surface area contributed by atoms with Crippen LogP contribution in [0, 0.1) is 15.9 Å². The average Bonchev–Trinajstić information content (AvgIpc) is 3.30. The van der Waals surface area contributed by atoms with E-state index in [-0.39, 0.29) is 18.0 Å². The molecule has 0 aliphatic carbocycles. The molecular weight excluding hydrogens is 593 g/mol. The van der Waals surface area contributed by atoms with Crippen molar-refractivity contribution in [3.8, 4) is 35.4 Å². The van der Waals surface area contributed by atoms with E-state index in [1.54, 1.807) is 61.9 Å². The second kappa shape index (κ2) is 10.0. The zero-order valence-corrected chi connectivity index (χ0v) is 21.8. The molecule has 2 aromatic heterocycles. The number of hydrogen-bond acceptors (Lipinski definition) is 6. The average molecular weight is 610 g/mol. The molecule has 0 saturated heterocycles. The van der Waals surface area contributed by atoms with Crippen molar-refractivity contribution in [1.82, 2.24) is 9.66 Å². The summed E-state index contributed by atoms with van der Waals surface area (Å²) in [4.78, 5) is 18.1. The molecule has 0 N–H and O–H groups in total. The third-order valence-corrected chi connectivity index (χ3v) is 6.36. The van der Waals surface area contributed by atoms with Crippen LogP contribution in [-0.2, 0) is 0 Å². The molecule has 0 radical (unpaired) electrons. The van der Waals surface area contributed by atoms with Crippen LogP contribution < -0.4 is 15.0 Å². The summed E-state index contributed by atoms with van der Waals surface area (Å²) in [5.41, 5.74) is 1.51. The van der Waals surface area contributed by atoms with Gasteiger partial charge in [0.2, 0.25) is 5.82 Å². The van der Waals surface area contributed by atoms with E-state index in [1.165, 1.54) is 4.68 Å². The molecule has 0 atom stereocenters. The molecule has 5 rings (SSSR count). The number of aromatic nitrogens is 2. The number of nitrogens with zero attached hydrogens (tertiary/aromatic N) is 3. The van der Waals surface area contributed by atoms with Gasteiger partial charge >= 0.3 is 0 Å². The Morgan fingerprint density at radius 2 is 2.06 bits per heavy atom. The summed E-state index contributed by atoms with van der Waals surface area (Å²) < 4.78 is 19.1. The lowest BCUT2D eigenvalue weighted by molar-refractivity contribution is 0.328. The number of furan rings is 1. The summed E-state index contributed by atoms with van der Waals surface area (Å²) in [6.07, 6.45) is 6.87. The van der Waals surface area contributed by atoms with Gasteiger partial charge in [0.05, 0.1) is 27.8 Å². The van der Waals surface area contributed by atoms with Crippen molar-refractivity contribution in [1.29, 1.82) is 0 Å². The second-order valence-corrected chi connectivity index (χ2v) is 9.23. The lowest BCUT2D eigenvalue weighted by Gasteiger charge is -2.12. The van der Waals surface area contributed by atoms with E-state index in [9.17, 15) is 4.79 Å². The number of halogens is 2. The minimum Gasteiger partial charge on any atom is -0.493 e. The first-order chi connectivity index (χ1) is 17.5.